The van der Waals surface area contributed by atoms with Crippen molar-refractivity contribution in [1.82, 2.24) is 14.8 Å². The van der Waals surface area contributed by atoms with Gasteiger partial charge < -0.3 is 4.90 Å². The van der Waals surface area contributed by atoms with E-state index in [0.717, 1.165) is 30.5 Å². The van der Waals surface area contributed by atoms with Crippen molar-refractivity contribution in [3.8, 4) is 0 Å². The molecule has 2 aliphatic rings. The van der Waals surface area contributed by atoms with Gasteiger partial charge in [0.15, 0.2) is 0 Å². The maximum atomic E-state index is 12.7. The van der Waals surface area contributed by atoms with E-state index in [9.17, 15) is 4.79 Å². The largest absolute Gasteiger partial charge is 0.337 e. The molecule has 0 spiro atoms. The van der Waals surface area contributed by atoms with Crippen LogP contribution in [0.4, 0.5) is 0 Å². The van der Waals surface area contributed by atoms with Crippen molar-refractivity contribution < 1.29 is 4.79 Å². The van der Waals surface area contributed by atoms with Crippen LogP contribution < -0.4 is 0 Å². The number of amides is 1. The van der Waals surface area contributed by atoms with Crippen molar-refractivity contribution in [3.05, 3.63) is 27.5 Å². The number of nitrogens with zero attached hydrogens (tertiary/aromatic N) is 3. The summed E-state index contributed by atoms with van der Waals surface area (Å²) >= 11 is 9.42. The van der Waals surface area contributed by atoms with E-state index < -0.39 is 0 Å². The molecule has 2 fully saturated rings. The van der Waals surface area contributed by atoms with E-state index in [-0.39, 0.29) is 11.1 Å². The Kier molecular flexibility index (Phi) is 4.29. The first kappa shape index (κ1) is 14.3. The summed E-state index contributed by atoms with van der Waals surface area (Å²) in [5.74, 6) is -0.00227. The molecule has 0 radical (unpaired) electrons. The monoisotopic (exact) mass is 357 g/mol. The lowest BCUT2D eigenvalue weighted by Gasteiger charge is -2.26. The Balaban J connectivity index is 1.80. The van der Waals surface area contributed by atoms with Gasteiger partial charge in [-0.3, -0.25) is 9.69 Å². The number of hydrogen-bond acceptors (Lipinski definition) is 3. The Bertz CT molecular complexity index is 525. The van der Waals surface area contributed by atoms with Crippen LogP contribution in [0.3, 0.4) is 0 Å². The fourth-order valence-corrected chi connectivity index (χ4v) is 3.65. The molecule has 0 aliphatic carbocycles. The first-order valence-corrected chi connectivity index (χ1v) is 8.16. The van der Waals surface area contributed by atoms with Crippen LogP contribution in [0, 0.1) is 0 Å². The topological polar surface area (TPSA) is 36.4 Å². The summed E-state index contributed by atoms with van der Waals surface area (Å²) < 4.78 is 0.780. The highest BCUT2D eigenvalue weighted by Crippen LogP contribution is 2.24. The van der Waals surface area contributed by atoms with Crippen LogP contribution >= 0.6 is 27.5 Å². The second kappa shape index (κ2) is 6.00. The van der Waals surface area contributed by atoms with E-state index in [4.69, 9.17) is 11.6 Å². The second-order valence-corrected chi connectivity index (χ2v) is 6.70. The first-order chi connectivity index (χ1) is 9.65. The van der Waals surface area contributed by atoms with Crippen LogP contribution in [0.25, 0.3) is 0 Å². The van der Waals surface area contributed by atoms with Crippen LogP contribution in [0.2, 0.25) is 5.15 Å². The molecule has 3 rings (SSSR count). The molecular weight excluding hydrogens is 342 g/mol. The third-order valence-corrected chi connectivity index (χ3v) is 4.86. The van der Waals surface area contributed by atoms with Crippen molar-refractivity contribution in [2.24, 2.45) is 0 Å². The van der Waals surface area contributed by atoms with Gasteiger partial charge >= 0.3 is 0 Å². The van der Waals surface area contributed by atoms with Gasteiger partial charge in [-0.2, -0.15) is 0 Å². The van der Waals surface area contributed by atoms with Gasteiger partial charge in [0, 0.05) is 36.3 Å². The number of fused-ring (bicyclic) bond motifs is 1. The van der Waals surface area contributed by atoms with Gasteiger partial charge in [0.1, 0.15) is 5.15 Å². The predicted molar refractivity (Wildman–Crippen MR) is 82.1 cm³/mol. The molecule has 0 N–H and O–H groups in total. The Morgan fingerprint density at radius 2 is 2.15 bits per heavy atom. The fraction of sp³-hybridized carbons (Fsp3) is 0.571. The highest BCUT2D eigenvalue weighted by atomic mass is 79.9. The Morgan fingerprint density at radius 1 is 1.35 bits per heavy atom. The molecule has 2 aliphatic heterocycles. The quantitative estimate of drug-likeness (QED) is 0.724. The highest BCUT2D eigenvalue weighted by molar-refractivity contribution is 9.10. The van der Waals surface area contributed by atoms with E-state index in [1.165, 1.54) is 19.4 Å². The van der Waals surface area contributed by atoms with Crippen LogP contribution in [-0.2, 0) is 0 Å². The van der Waals surface area contributed by atoms with Gasteiger partial charge in [0.2, 0.25) is 0 Å². The summed E-state index contributed by atoms with van der Waals surface area (Å²) in [6.07, 6.45) is 5.07. The molecule has 0 aromatic carbocycles. The van der Waals surface area contributed by atoms with Crippen molar-refractivity contribution in [2.45, 2.75) is 25.3 Å². The molecule has 6 heteroatoms. The molecule has 20 heavy (non-hydrogen) atoms. The van der Waals surface area contributed by atoms with Crippen LogP contribution in [0.1, 0.15) is 29.6 Å². The first-order valence-electron chi connectivity index (χ1n) is 6.99. The third kappa shape index (κ3) is 2.85. The molecule has 1 amide bonds. The van der Waals surface area contributed by atoms with Gasteiger partial charge in [-0.05, 0) is 47.8 Å². The Labute approximate surface area is 132 Å². The summed E-state index contributed by atoms with van der Waals surface area (Å²) in [4.78, 5) is 21.2. The lowest BCUT2D eigenvalue weighted by atomic mass is 10.2. The fourth-order valence-electron chi connectivity index (χ4n) is 3.13. The maximum Gasteiger partial charge on any atom is 0.257 e. The van der Waals surface area contributed by atoms with E-state index in [2.05, 4.69) is 25.8 Å². The molecule has 1 aromatic heterocycles. The molecule has 108 valence electrons. The van der Waals surface area contributed by atoms with Gasteiger partial charge in [-0.15, -0.1) is 0 Å². The molecule has 0 saturated carbocycles. The van der Waals surface area contributed by atoms with Crippen molar-refractivity contribution in [1.29, 1.82) is 0 Å². The second-order valence-electron chi connectivity index (χ2n) is 5.43. The molecule has 4 nitrogen and oxygen atoms in total. The third-order valence-electron chi connectivity index (χ3n) is 4.13. The lowest BCUT2D eigenvalue weighted by Crippen LogP contribution is -2.39. The lowest BCUT2D eigenvalue weighted by molar-refractivity contribution is 0.0743. The zero-order valence-electron chi connectivity index (χ0n) is 11.2. The summed E-state index contributed by atoms with van der Waals surface area (Å²) in [6, 6.07) is 2.27. The normalized spacial score (nSPS) is 23.5. The number of carbonyl (C=O) groups excluding carboxylic acids is 1. The van der Waals surface area contributed by atoms with Crippen LogP contribution in [0.15, 0.2) is 16.7 Å². The van der Waals surface area contributed by atoms with E-state index in [1.807, 2.05) is 4.90 Å². The molecule has 0 bridgehead atoms. The van der Waals surface area contributed by atoms with E-state index >= 15 is 0 Å². The minimum Gasteiger partial charge on any atom is -0.337 e. The van der Waals surface area contributed by atoms with Crippen LogP contribution in [-0.4, -0.2) is 52.9 Å². The average molecular weight is 359 g/mol. The Hall–Kier alpha value is -0.650. The number of carbonyl (C=O) groups is 1. The van der Waals surface area contributed by atoms with Gasteiger partial charge in [-0.1, -0.05) is 11.6 Å². The maximum absolute atomic E-state index is 12.7. The summed E-state index contributed by atoms with van der Waals surface area (Å²) in [6.45, 7) is 3.88. The zero-order valence-corrected chi connectivity index (χ0v) is 13.5. The number of rotatable bonds is 1. The minimum atomic E-state index is -0.00227. The van der Waals surface area contributed by atoms with Gasteiger partial charge in [0.25, 0.3) is 5.91 Å². The zero-order chi connectivity index (χ0) is 14.1. The minimum absolute atomic E-state index is 0.00227. The molecule has 1 aromatic rings. The van der Waals surface area contributed by atoms with Crippen molar-refractivity contribution >= 4 is 33.4 Å². The van der Waals surface area contributed by atoms with Crippen LogP contribution in [0.5, 0.6) is 0 Å². The molecule has 1 unspecified atom stereocenters. The summed E-state index contributed by atoms with van der Waals surface area (Å²) in [5, 5.41) is 0.283. The number of halogens is 2. The highest BCUT2D eigenvalue weighted by Gasteiger charge is 2.31. The average Bonchev–Trinajstić information content (AvgIpc) is 2.78. The number of aromatic nitrogens is 1. The predicted octanol–water partition coefficient (Wildman–Crippen LogP) is 2.81. The van der Waals surface area contributed by atoms with E-state index in [1.54, 1.807) is 12.3 Å². The van der Waals surface area contributed by atoms with Crippen molar-refractivity contribution in [3.63, 3.8) is 0 Å². The number of pyridine rings is 1. The molecule has 2 saturated heterocycles. The van der Waals surface area contributed by atoms with E-state index in [0.29, 0.717) is 11.6 Å². The SMILES string of the molecule is O=C(c1cc(Br)cnc1Cl)N1CCCN2CCCC2C1. The summed E-state index contributed by atoms with van der Waals surface area (Å²) in [5.41, 5.74) is 0.493. The molecule has 1 atom stereocenters. The standard InChI is InChI=1S/C14H17BrClN3O/c15-10-7-12(13(16)17-8-10)14(20)19-6-2-5-18-4-1-3-11(18)9-19/h7-8,11H,1-6,9H2. The van der Waals surface area contributed by atoms with Gasteiger partial charge in [-0.25, -0.2) is 4.98 Å². The number of hydrogen-bond donors (Lipinski definition) is 0. The van der Waals surface area contributed by atoms with Gasteiger partial charge in [0.05, 0.1) is 5.56 Å². The summed E-state index contributed by atoms with van der Waals surface area (Å²) in [7, 11) is 0. The molecule has 3 heterocycles. The smallest absolute Gasteiger partial charge is 0.257 e. The molecular formula is C14H17BrClN3O. The van der Waals surface area contributed by atoms with Crippen molar-refractivity contribution in [2.75, 3.05) is 26.2 Å². The Morgan fingerprint density at radius 3 is 3.00 bits per heavy atom.